The fraction of sp³-hybridized carbons (Fsp3) is 1.00. The van der Waals surface area contributed by atoms with Crippen LogP contribution in [0.2, 0.25) is 0 Å². The average Bonchev–Trinajstić information content (AvgIpc) is 1.59. The van der Waals surface area contributed by atoms with Crippen LogP contribution in [0, 0.1) is 0 Å². The van der Waals surface area contributed by atoms with Crippen LogP contribution in [0.15, 0.2) is 0 Å². The molecule has 3 nitrogen and oxygen atoms in total. The van der Waals surface area contributed by atoms with Crippen LogP contribution in [0.1, 0.15) is 6.42 Å². The SMILES string of the molecule is O=S(=O)(O)CCC(S)S.[NaH].[NaH]. The van der Waals surface area contributed by atoms with Crippen molar-refractivity contribution in [1.29, 1.82) is 0 Å². The van der Waals surface area contributed by atoms with Crippen LogP contribution < -0.4 is 0 Å². The molecule has 0 heterocycles. The zero-order chi connectivity index (χ0) is 7.49. The van der Waals surface area contributed by atoms with Gasteiger partial charge in [0.1, 0.15) is 0 Å². The summed E-state index contributed by atoms with van der Waals surface area (Å²) in [6.07, 6.45) is 0.255. The van der Waals surface area contributed by atoms with E-state index in [2.05, 4.69) is 25.3 Å². The Balaban J connectivity index is -0.000000320. The standard InChI is InChI=1S/C3H8O3S3.2Na.2H/c4-9(5,6)2-1-3(7)8;;;;/h3,7-8H,1-2H2,(H,4,5,6);;;;. The zero-order valence-electron chi connectivity index (χ0n) is 4.56. The van der Waals surface area contributed by atoms with E-state index in [1.54, 1.807) is 0 Å². The molecule has 0 radical (unpaired) electrons. The Morgan fingerprint density at radius 1 is 1.27 bits per heavy atom. The molecule has 0 aliphatic carbocycles. The molecule has 0 rings (SSSR count). The normalized spacial score (nSPS) is 10.2. The summed E-state index contributed by atoms with van der Waals surface area (Å²) in [6.45, 7) is 0. The van der Waals surface area contributed by atoms with E-state index < -0.39 is 10.1 Å². The van der Waals surface area contributed by atoms with Crippen molar-refractivity contribution in [2.45, 2.75) is 11.0 Å². The van der Waals surface area contributed by atoms with Gasteiger partial charge in [-0.2, -0.15) is 33.7 Å². The van der Waals surface area contributed by atoms with Gasteiger partial charge in [0.15, 0.2) is 0 Å². The molecule has 60 valence electrons. The maximum absolute atomic E-state index is 10.0. The number of thiol groups is 2. The molecule has 8 heteroatoms. The molecular weight excluding hydrogens is 226 g/mol. The van der Waals surface area contributed by atoms with Crippen LogP contribution in [0.3, 0.4) is 0 Å². The summed E-state index contributed by atoms with van der Waals surface area (Å²) in [6, 6.07) is 0. The topological polar surface area (TPSA) is 54.4 Å². The van der Waals surface area contributed by atoms with Crippen molar-refractivity contribution in [3.05, 3.63) is 0 Å². The Bertz CT molecular complexity index is 167. The second kappa shape index (κ2) is 9.18. The van der Waals surface area contributed by atoms with Crippen molar-refractivity contribution in [2.24, 2.45) is 0 Å². The monoisotopic (exact) mass is 236 g/mol. The number of hydrogen-bond acceptors (Lipinski definition) is 4. The van der Waals surface area contributed by atoms with Crippen molar-refractivity contribution in [2.75, 3.05) is 5.75 Å². The van der Waals surface area contributed by atoms with Crippen molar-refractivity contribution >= 4 is 94.5 Å². The van der Waals surface area contributed by atoms with E-state index in [1.165, 1.54) is 0 Å². The molecule has 0 aliphatic rings. The van der Waals surface area contributed by atoms with E-state index >= 15 is 0 Å². The van der Waals surface area contributed by atoms with Gasteiger partial charge in [-0.1, -0.05) is 0 Å². The van der Waals surface area contributed by atoms with Crippen LogP contribution in [-0.2, 0) is 10.1 Å². The Morgan fingerprint density at radius 2 is 1.64 bits per heavy atom. The molecule has 0 saturated carbocycles. The van der Waals surface area contributed by atoms with Crippen molar-refractivity contribution in [1.82, 2.24) is 0 Å². The summed E-state index contributed by atoms with van der Waals surface area (Å²) in [4.78, 5) is 0. The first-order valence-corrected chi connectivity index (χ1v) is 4.87. The van der Waals surface area contributed by atoms with Crippen LogP contribution in [0.4, 0.5) is 0 Å². The van der Waals surface area contributed by atoms with Crippen molar-refractivity contribution in [3.63, 3.8) is 0 Å². The first-order valence-electron chi connectivity index (χ1n) is 2.23. The van der Waals surface area contributed by atoms with Gasteiger partial charge in [0.2, 0.25) is 0 Å². The predicted octanol–water partition coefficient (Wildman–Crippen LogP) is -0.847. The van der Waals surface area contributed by atoms with Crippen LogP contribution in [-0.4, -0.2) is 82.4 Å². The van der Waals surface area contributed by atoms with Crippen LogP contribution in [0.5, 0.6) is 0 Å². The summed E-state index contributed by atoms with van der Waals surface area (Å²) in [7, 11) is -3.82. The molecule has 11 heavy (non-hydrogen) atoms. The fourth-order valence-electron chi connectivity index (χ4n) is 0.254. The average molecular weight is 236 g/mol. The van der Waals surface area contributed by atoms with Gasteiger partial charge in [-0.05, 0) is 6.42 Å². The van der Waals surface area contributed by atoms with E-state index in [0.29, 0.717) is 0 Å². The summed E-state index contributed by atoms with van der Waals surface area (Å²) in [5.41, 5.74) is 0. The zero-order valence-corrected chi connectivity index (χ0v) is 7.16. The molecule has 0 unspecified atom stereocenters. The molecule has 0 aromatic rings. The predicted molar refractivity (Wildman–Crippen MR) is 57.1 cm³/mol. The first-order chi connectivity index (χ1) is 3.92. The molecule has 0 spiro atoms. The van der Waals surface area contributed by atoms with E-state index in [-0.39, 0.29) is 75.9 Å². The molecule has 0 aliphatic heterocycles. The Hall–Kier alpha value is 2.61. The molecule has 0 amide bonds. The third kappa shape index (κ3) is 19.1. The molecule has 0 bridgehead atoms. The van der Waals surface area contributed by atoms with Gasteiger partial charge in [0.25, 0.3) is 10.1 Å². The molecule has 0 fully saturated rings. The van der Waals surface area contributed by atoms with Crippen molar-refractivity contribution in [3.8, 4) is 0 Å². The fourth-order valence-corrected chi connectivity index (χ4v) is 1.40. The van der Waals surface area contributed by atoms with Gasteiger partial charge in [0, 0.05) is 4.58 Å². The second-order valence-electron chi connectivity index (χ2n) is 1.56. The Morgan fingerprint density at radius 3 is 1.73 bits per heavy atom. The van der Waals surface area contributed by atoms with Crippen molar-refractivity contribution < 1.29 is 13.0 Å². The second-order valence-corrected chi connectivity index (χ2v) is 4.78. The van der Waals surface area contributed by atoms with Gasteiger partial charge < -0.3 is 0 Å². The Kier molecular flexibility index (Phi) is 16.0. The van der Waals surface area contributed by atoms with Gasteiger partial charge in [0.05, 0.1) is 5.75 Å². The summed E-state index contributed by atoms with van der Waals surface area (Å²) in [5, 5.41) is 0. The summed E-state index contributed by atoms with van der Waals surface area (Å²) in [5.74, 6) is -0.273. The van der Waals surface area contributed by atoms with Gasteiger partial charge in [-0.15, -0.1) is 0 Å². The van der Waals surface area contributed by atoms with Gasteiger partial charge in [-0.25, -0.2) is 0 Å². The van der Waals surface area contributed by atoms with E-state index in [1.807, 2.05) is 0 Å². The summed E-state index contributed by atoms with van der Waals surface area (Å²) >= 11 is 7.60. The molecule has 0 atom stereocenters. The van der Waals surface area contributed by atoms with Crippen LogP contribution >= 0.6 is 25.3 Å². The first kappa shape index (κ1) is 19.2. The third-order valence-corrected chi connectivity index (χ3v) is 1.90. The molecule has 0 aromatic carbocycles. The molecule has 1 N–H and O–H groups in total. The van der Waals surface area contributed by atoms with E-state index in [0.717, 1.165) is 0 Å². The quantitative estimate of drug-likeness (QED) is 0.259. The van der Waals surface area contributed by atoms with Gasteiger partial charge >= 0.3 is 59.1 Å². The minimum atomic E-state index is -3.82. The molecule has 0 saturated heterocycles. The van der Waals surface area contributed by atoms with E-state index in [9.17, 15) is 8.42 Å². The minimum absolute atomic E-state index is 0. The van der Waals surface area contributed by atoms with E-state index in [4.69, 9.17) is 4.55 Å². The third-order valence-electron chi connectivity index (χ3n) is 0.634. The Labute approximate surface area is 122 Å². The number of hydrogen-bond donors (Lipinski definition) is 3. The number of rotatable bonds is 3. The van der Waals surface area contributed by atoms with Gasteiger partial charge in [-0.3, -0.25) is 4.55 Å². The molecule has 0 aromatic heterocycles. The summed E-state index contributed by atoms with van der Waals surface area (Å²) < 4.78 is 27.9. The maximum atomic E-state index is 10.0. The van der Waals surface area contributed by atoms with Crippen LogP contribution in [0.25, 0.3) is 0 Å². The molecular formula is C3H10Na2O3S3.